The Balaban J connectivity index is 2.51. The van der Waals surface area contributed by atoms with Gasteiger partial charge in [0.1, 0.15) is 12.6 Å². The average molecular weight is 543 g/mol. The summed E-state index contributed by atoms with van der Waals surface area (Å²) in [7, 11) is -3.81. The van der Waals surface area contributed by atoms with Gasteiger partial charge in [0, 0.05) is 27.7 Å². The van der Waals surface area contributed by atoms with Gasteiger partial charge in [-0.05, 0) is 57.9 Å². The van der Waals surface area contributed by atoms with Crippen LogP contribution in [0.2, 0.25) is 10.0 Å². The second-order valence-corrected chi connectivity index (χ2v) is 12.1. The summed E-state index contributed by atoms with van der Waals surface area (Å²) in [6.07, 6.45) is 1.64. The van der Waals surface area contributed by atoms with Crippen molar-refractivity contribution in [2.24, 2.45) is 0 Å². The number of halogens is 2. The maximum atomic E-state index is 13.7. The number of carbonyl (C=O) groups is 2. The summed E-state index contributed by atoms with van der Waals surface area (Å²) < 4.78 is 26.6. The Morgan fingerprint density at radius 2 is 1.60 bits per heavy atom. The average Bonchev–Trinajstić information content (AvgIpc) is 2.74. The van der Waals surface area contributed by atoms with Crippen molar-refractivity contribution in [3.63, 3.8) is 0 Å². The number of nitrogens with one attached hydrogen (secondary N) is 1. The molecule has 1 atom stereocenters. The predicted molar refractivity (Wildman–Crippen MR) is 142 cm³/mol. The van der Waals surface area contributed by atoms with Gasteiger partial charge in [-0.25, -0.2) is 8.42 Å². The molecule has 2 aromatic carbocycles. The Kier molecular flexibility index (Phi) is 9.62. The van der Waals surface area contributed by atoms with Crippen LogP contribution in [0.15, 0.2) is 42.5 Å². The lowest BCUT2D eigenvalue weighted by atomic mass is 10.1. The van der Waals surface area contributed by atoms with Gasteiger partial charge in [-0.1, -0.05) is 54.4 Å². The monoisotopic (exact) mass is 541 g/mol. The van der Waals surface area contributed by atoms with E-state index in [0.29, 0.717) is 27.7 Å². The molecule has 0 heterocycles. The summed E-state index contributed by atoms with van der Waals surface area (Å²) in [5.41, 5.74) is 1.15. The van der Waals surface area contributed by atoms with Crippen LogP contribution in [0.4, 0.5) is 5.69 Å². The fourth-order valence-corrected chi connectivity index (χ4v) is 4.96. The Hall–Kier alpha value is -2.29. The zero-order valence-corrected chi connectivity index (χ0v) is 23.3. The van der Waals surface area contributed by atoms with Crippen molar-refractivity contribution in [3.8, 4) is 0 Å². The molecule has 0 fully saturated rings. The zero-order chi connectivity index (χ0) is 26.6. The fourth-order valence-electron chi connectivity index (χ4n) is 3.56. The number of anilines is 1. The predicted octanol–water partition coefficient (Wildman–Crippen LogP) is 4.65. The van der Waals surface area contributed by atoms with Gasteiger partial charge in [0.2, 0.25) is 21.8 Å². The third-order valence-electron chi connectivity index (χ3n) is 5.38. The van der Waals surface area contributed by atoms with Crippen LogP contribution in [0, 0.1) is 0 Å². The number of sulfonamides is 1. The lowest BCUT2D eigenvalue weighted by Crippen LogP contribution is -2.54. The van der Waals surface area contributed by atoms with E-state index in [0.717, 1.165) is 16.1 Å². The number of aryl methyl sites for hydroxylation is 1. The van der Waals surface area contributed by atoms with Crippen molar-refractivity contribution in [2.45, 2.75) is 59.2 Å². The van der Waals surface area contributed by atoms with E-state index in [1.165, 1.54) is 4.90 Å². The van der Waals surface area contributed by atoms with E-state index in [2.05, 4.69) is 5.32 Å². The number of para-hydroxylation sites is 1. The van der Waals surface area contributed by atoms with Crippen molar-refractivity contribution in [1.82, 2.24) is 10.2 Å². The Morgan fingerprint density at radius 1 is 1.03 bits per heavy atom. The first kappa shape index (κ1) is 28.9. The molecule has 2 amide bonds. The van der Waals surface area contributed by atoms with Gasteiger partial charge in [-0.15, -0.1) is 0 Å². The van der Waals surface area contributed by atoms with Crippen molar-refractivity contribution in [3.05, 3.63) is 63.6 Å². The van der Waals surface area contributed by atoms with Crippen molar-refractivity contribution in [1.29, 1.82) is 0 Å². The maximum absolute atomic E-state index is 13.7. The fraction of sp³-hybridized carbons (Fsp3) is 0.440. The number of benzene rings is 2. The number of carbonyl (C=O) groups excluding carboxylic acids is 2. The molecule has 7 nitrogen and oxygen atoms in total. The number of rotatable bonds is 9. The molecular formula is C25H33Cl2N3O4S. The molecule has 0 aliphatic rings. The van der Waals surface area contributed by atoms with Crippen LogP contribution < -0.4 is 9.62 Å². The smallest absolute Gasteiger partial charge is 0.244 e. The second-order valence-electron chi connectivity index (χ2n) is 9.39. The topological polar surface area (TPSA) is 86.8 Å². The molecule has 0 aliphatic heterocycles. The molecule has 10 heteroatoms. The molecule has 192 valence electrons. The zero-order valence-electron chi connectivity index (χ0n) is 20.9. The highest BCUT2D eigenvalue weighted by atomic mass is 35.5. The van der Waals surface area contributed by atoms with Crippen molar-refractivity contribution >= 4 is 50.7 Å². The summed E-state index contributed by atoms with van der Waals surface area (Å²) in [4.78, 5) is 28.0. The molecule has 0 spiro atoms. The van der Waals surface area contributed by atoms with E-state index in [-0.39, 0.29) is 12.5 Å². The molecule has 0 bridgehead atoms. The first-order valence-electron chi connectivity index (χ1n) is 11.3. The lowest BCUT2D eigenvalue weighted by Gasteiger charge is -2.33. The Morgan fingerprint density at radius 3 is 2.11 bits per heavy atom. The number of nitrogens with zero attached hydrogens (tertiary/aromatic N) is 2. The van der Waals surface area contributed by atoms with Crippen LogP contribution in [-0.2, 0) is 32.6 Å². The maximum Gasteiger partial charge on any atom is 0.244 e. The van der Waals surface area contributed by atoms with Gasteiger partial charge in [-0.3, -0.25) is 13.9 Å². The quantitative estimate of drug-likeness (QED) is 0.500. The number of hydrogen-bond donors (Lipinski definition) is 1. The van der Waals surface area contributed by atoms with Crippen molar-refractivity contribution in [2.75, 3.05) is 17.1 Å². The van der Waals surface area contributed by atoms with E-state index in [1.54, 1.807) is 37.3 Å². The molecule has 0 saturated carbocycles. The van der Waals surface area contributed by atoms with Crippen LogP contribution in [-0.4, -0.2) is 49.5 Å². The standard InChI is InChI=1S/C25H33Cl2N3O4S/c1-7-18-11-8-9-14-22(18)30(35(6,33)34)16-23(31)29(17(2)24(32)28-25(3,4)5)15-19-20(26)12-10-13-21(19)27/h8-14,17H,7,15-16H2,1-6H3,(H,28,32)/t17-/m0/s1. The summed E-state index contributed by atoms with van der Waals surface area (Å²) in [6, 6.07) is 11.1. The minimum absolute atomic E-state index is 0.0664. The highest BCUT2D eigenvalue weighted by Gasteiger charge is 2.32. The lowest BCUT2D eigenvalue weighted by molar-refractivity contribution is -0.140. The normalized spacial score (nSPS) is 12.7. The van der Waals surface area contributed by atoms with E-state index in [4.69, 9.17) is 23.2 Å². The minimum atomic E-state index is -3.81. The molecule has 35 heavy (non-hydrogen) atoms. The third kappa shape index (κ3) is 7.85. The van der Waals surface area contributed by atoms with Gasteiger partial charge < -0.3 is 10.2 Å². The van der Waals surface area contributed by atoms with Gasteiger partial charge in [0.15, 0.2) is 0 Å². The van der Waals surface area contributed by atoms with Crippen LogP contribution in [0.25, 0.3) is 0 Å². The minimum Gasteiger partial charge on any atom is -0.350 e. The first-order chi connectivity index (χ1) is 16.2. The molecule has 0 aromatic heterocycles. The summed E-state index contributed by atoms with van der Waals surface area (Å²) >= 11 is 12.7. The largest absolute Gasteiger partial charge is 0.350 e. The van der Waals surface area contributed by atoms with Gasteiger partial charge in [0.05, 0.1) is 11.9 Å². The van der Waals surface area contributed by atoms with Gasteiger partial charge in [-0.2, -0.15) is 0 Å². The van der Waals surface area contributed by atoms with Crippen LogP contribution in [0.5, 0.6) is 0 Å². The molecule has 0 unspecified atom stereocenters. The highest BCUT2D eigenvalue weighted by Crippen LogP contribution is 2.28. The molecule has 2 rings (SSSR count). The first-order valence-corrected chi connectivity index (χ1v) is 13.9. The number of hydrogen-bond acceptors (Lipinski definition) is 4. The van der Waals surface area contributed by atoms with E-state index < -0.39 is 34.1 Å². The summed E-state index contributed by atoms with van der Waals surface area (Å²) in [5.74, 6) is -0.942. The van der Waals surface area contributed by atoms with Crippen molar-refractivity contribution < 1.29 is 18.0 Å². The molecule has 0 saturated heterocycles. The Labute approximate surface area is 218 Å². The molecular weight excluding hydrogens is 509 g/mol. The SMILES string of the molecule is CCc1ccccc1N(CC(=O)N(Cc1c(Cl)cccc1Cl)[C@@H](C)C(=O)NC(C)(C)C)S(C)(=O)=O. The van der Waals surface area contributed by atoms with E-state index >= 15 is 0 Å². The summed E-state index contributed by atoms with van der Waals surface area (Å²) in [5, 5.41) is 3.56. The van der Waals surface area contributed by atoms with E-state index in [9.17, 15) is 18.0 Å². The van der Waals surface area contributed by atoms with E-state index in [1.807, 2.05) is 39.8 Å². The van der Waals surface area contributed by atoms with Crippen LogP contribution >= 0.6 is 23.2 Å². The second kappa shape index (κ2) is 11.6. The Bertz CT molecular complexity index is 1160. The van der Waals surface area contributed by atoms with Crippen LogP contribution in [0.1, 0.15) is 45.7 Å². The van der Waals surface area contributed by atoms with Gasteiger partial charge in [0.25, 0.3) is 0 Å². The molecule has 0 radical (unpaired) electrons. The van der Waals surface area contributed by atoms with Crippen LogP contribution in [0.3, 0.4) is 0 Å². The molecule has 1 N–H and O–H groups in total. The molecule has 2 aromatic rings. The highest BCUT2D eigenvalue weighted by molar-refractivity contribution is 7.92. The third-order valence-corrected chi connectivity index (χ3v) is 7.21. The number of amides is 2. The molecule has 0 aliphatic carbocycles. The van der Waals surface area contributed by atoms with Gasteiger partial charge >= 0.3 is 0 Å². The summed E-state index contributed by atoms with van der Waals surface area (Å²) in [6.45, 7) is 8.46.